The van der Waals surface area contributed by atoms with Crippen molar-refractivity contribution in [2.45, 2.75) is 18.9 Å². The molecule has 1 atom stereocenters. The van der Waals surface area contributed by atoms with Gasteiger partial charge in [-0.3, -0.25) is 0 Å². The first-order valence-corrected chi connectivity index (χ1v) is 8.35. The quantitative estimate of drug-likeness (QED) is 0.914. The average Bonchev–Trinajstić information content (AvgIpc) is 2.62. The first-order chi connectivity index (χ1) is 11.3. The SMILES string of the molecule is ClC(=Cc1ccccc1)CNC1CCCN(c2ncccn2)C1. The fourth-order valence-electron chi connectivity index (χ4n) is 2.80. The minimum atomic E-state index is 0.408. The fourth-order valence-corrected chi connectivity index (χ4v) is 3.01. The molecule has 5 heteroatoms. The van der Waals surface area contributed by atoms with Crippen LogP contribution in [0.5, 0.6) is 0 Å². The van der Waals surface area contributed by atoms with Crippen molar-refractivity contribution in [3.63, 3.8) is 0 Å². The summed E-state index contributed by atoms with van der Waals surface area (Å²) in [5.74, 6) is 0.810. The van der Waals surface area contributed by atoms with Crippen LogP contribution in [-0.4, -0.2) is 35.6 Å². The standard InChI is InChI=1S/C18H21ClN4/c19-16(12-15-6-2-1-3-7-15)13-22-17-8-4-11-23(14-17)18-20-9-5-10-21-18/h1-3,5-7,9-10,12,17,22H,4,8,11,13-14H2. The van der Waals surface area contributed by atoms with Crippen molar-refractivity contribution in [2.75, 3.05) is 24.5 Å². The highest BCUT2D eigenvalue weighted by Gasteiger charge is 2.21. The lowest BCUT2D eigenvalue weighted by molar-refractivity contribution is 0.433. The lowest BCUT2D eigenvalue weighted by Gasteiger charge is -2.33. The maximum absolute atomic E-state index is 6.35. The zero-order chi connectivity index (χ0) is 15.9. The third-order valence-electron chi connectivity index (χ3n) is 3.94. The normalized spacial score (nSPS) is 18.9. The van der Waals surface area contributed by atoms with E-state index in [-0.39, 0.29) is 0 Å². The van der Waals surface area contributed by atoms with Gasteiger partial charge in [-0.15, -0.1) is 0 Å². The van der Waals surface area contributed by atoms with E-state index in [0.29, 0.717) is 12.6 Å². The van der Waals surface area contributed by atoms with E-state index >= 15 is 0 Å². The molecule has 1 aromatic carbocycles. The van der Waals surface area contributed by atoms with Gasteiger partial charge in [-0.05, 0) is 30.5 Å². The fraction of sp³-hybridized carbons (Fsp3) is 0.333. The lowest BCUT2D eigenvalue weighted by Crippen LogP contribution is -2.46. The molecule has 2 heterocycles. The van der Waals surface area contributed by atoms with E-state index in [4.69, 9.17) is 11.6 Å². The Bertz CT molecular complexity index is 630. The molecule has 0 bridgehead atoms. The van der Waals surface area contributed by atoms with Gasteiger partial charge < -0.3 is 10.2 Å². The van der Waals surface area contributed by atoms with Gasteiger partial charge in [0.05, 0.1) is 0 Å². The van der Waals surface area contributed by atoms with Crippen molar-refractivity contribution >= 4 is 23.6 Å². The number of hydrogen-bond acceptors (Lipinski definition) is 4. The second-order valence-corrected chi connectivity index (χ2v) is 6.20. The van der Waals surface area contributed by atoms with Crippen molar-refractivity contribution < 1.29 is 0 Å². The molecule has 1 aromatic heterocycles. The van der Waals surface area contributed by atoms with Gasteiger partial charge in [0.15, 0.2) is 0 Å². The third-order valence-corrected chi connectivity index (χ3v) is 4.18. The van der Waals surface area contributed by atoms with Crippen LogP contribution in [0, 0.1) is 0 Å². The Labute approximate surface area is 142 Å². The molecule has 1 fully saturated rings. The van der Waals surface area contributed by atoms with E-state index in [0.717, 1.165) is 42.5 Å². The van der Waals surface area contributed by atoms with E-state index in [1.165, 1.54) is 0 Å². The predicted molar refractivity (Wildman–Crippen MR) is 95.5 cm³/mol. The summed E-state index contributed by atoms with van der Waals surface area (Å²) in [5, 5.41) is 4.37. The van der Waals surface area contributed by atoms with Gasteiger partial charge in [-0.1, -0.05) is 41.9 Å². The van der Waals surface area contributed by atoms with Crippen LogP contribution in [0.15, 0.2) is 53.8 Å². The highest BCUT2D eigenvalue weighted by Crippen LogP contribution is 2.16. The Morgan fingerprint density at radius 2 is 2.00 bits per heavy atom. The Kier molecular flexibility index (Phi) is 5.61. The summed E-state index contributed by atoms with van der Waals surface area (Å²) in [6.45, 7) is 2.61. The smallest absolute Gasteiger partial charge is 0.225 e. The molecular weight excluding hydrogens is 308 g/mol. The summed E-state index contributed by atoms with van der Waals surface area (Å²) < 4.78 is 0. The molecule has 0 saturated carbocycles. The van der Waals surface area contributed by atoms with Crippen molar-refractivity contribution in [2.24, 2.45) is 0 Å². The molecule has 3 rings (SSSR count). The number of nitrogens with zero attached hydrogens (tertiary/aromatic N) is 3. The largest absolute Gasteiger partial charge is 0.339 e. The van der Waals surface area contributed by atoms with E-state index in [9.17, 15) is 0 Å². The molecule has 1 saturated heterocycles. The topological polar surface area (TPSA) is 41.0 Å². The maximum Gasteiger partial charge on any atom is 0.225 e. The zero-order valence-corrected chi connectivity index (χ0v) is 13.8. The van der Waals surface area contributed by atoms with Crippen LogP contribution in [0.1, 0.15) is 18.4 Å². The second-order valence-electron chi connectivity index (χ2n) is 5.72. The molecule has 0 aliphatic carbocycles. The van der Waals surface area contributed by atoms with E-state index in [2.05, 4.69) is 32.3 Å². The van der Waals surface area contributed by atoms with Crippen LogP contribution in [-0.2, 0) is 0 Å². The molecule has 0 amide bonds. The molecule has 1 aliphatic rings. The van der Waals surface area contributed by atoms with Crippen LogP contribution in [0.4, 0.5) is 5.95 Å². The zero-order valence-electron chi connectivity index (χ0n) is 13.0. The van der Waals surface area contributed by atoms with E-state index in [1.807, 2.05) is 30.3 Å². The van der Waals surface area contributed by atoms with Crippen LogP contribution in [0.3, 0.4) is 0 Å². The molecular formula is C18H21ClN4. The summed E-state index contributed by atoms with van der Waals surface area (Å²) >= 11 is 6.35. The summed E-state index contributed by atoms with van der Waals surface area (Å²) in [6, 6.07) is 12.4. The highest BCUT2D eigenvalue weighted by molar-refractivity contribution is 6.31. The summed E-state index contributed by atoms with van der Waals surface area (Å²) in [4.78, 5) is 10.9. The molecule has 4 nitrogen and oxygen atoms in total. The van der Waals surface area contributed by atoms with Crippen molar-refractivity contribution in [3.8, 4) is 0 Å². The first kappa shape index (κ1) is 16.0. The second kappa shape index (κ2) is 8.09. The summed E-state index contributed by atoms with van der Waals surface area (Å²) in [5.41, 5.74) is 1.13. The molecule has 1 aliphatic heterocycles. The van der Waals surface area contributed by atoms with Gasteiger partial charge in [0.25, 0.3) is 0 Å². The Balaban J connectivity index is 1.53. The van der Waals surface area contributed by atoms with Crippen LogP contribution in [0.2, 0.25) is 0 Å². The molecule has 2 aromatic rings. The predicted octanol–water partition coefficient (Wildman–Crippen LogP) is 3.31. The van der Waals surface area contributed by atoms with Gasteiger partial charge >= 0.3 is 0 Å². The minimum Gasteiger partial charge on any atom is -0.339 e. The average molecular weight is 329 g/mol. The van der Waals surface area contributed by atoms with E-state index in [1.54, 1.807) is 12.4 Å². The maximum atomic E-state index is 6.35. The molecule has 23 heavy (non-hydrogen) atoms. The monoisotopic (exact) mass is 328 g/mol. The van der Waals surface area contributed by atoms with Gasteiger partial charge in [0, 0.05) is 43.1 Å². The Hall–Kier alpha value is -1.91. The van der Waals surface area contributed by atoms with Crippen LogP contribution in [0.25, 0.3) is 6.08 Å². The number of nitrogens with one attached hydrogen (secondary N) is 1. The van der Waals surface area contributed by atoms with Crippen molar-refractivity contribution in [1.29, 1.82) is 0 Å². The van der Waals surface area contributed by atoms with Crippen molar-refractivity contribution in [3.05, 3.63) is 59.4 Å². The highest BCUT2D eigenvalue weighted by atomic mass is 35.5. The lowest BCUT2D eigenvalue weighted by atomic mass is 10.1. The summed E-state index contributed by atoms with van der Waals surface area (Å²) in [6.07, 6.45) is 7.88. The number of benzene rings is 1. The van der Waals surface area contributed by atoms with E-state index < -0.39 is 0 Å². The number of halogens is 1. The number of aromatic nitrogens is 2. The third kappa shape index (κ3) is 4.78. The summed E-state index contributed by atoms with van der Waals surface area (Å²) in [7, 11) is 0. The number of piperidine rings is 1. The van der Waals surface area contributed by atoms with Crippen molar-refractivity contribution in [1.82, 2.24) is 15.3 Å². The molecule has 1 N–H and O–H groups in total. The minimum absolute atomic E-state index is 0.408. The number of rotatable bonds is 5. The number of anilines is 1. The Morgan fingerprint density at radius 3 is 2.78 bits per heavy atom. The molecule has 0 spiro atoms. The molecule has 0 radical (unpaired) electrons. The first-order valence-electron chi connectivity index (χ1n) is 7.98. The van der Waals surface area contributed by atoms with Gasteiger partial charge in [-0.25, -0.2) is 9.97 Å². The van der Waals surface area contributed by atoms with Gasteiger partial charge in [-0.2, -0.15) is 0 Å². The molecule has 1 unspecified atom stereocenters. The van der Waals surface area contributed by atoms with Gasteiger partial charge in [0.2, 0.25) is 5.95 Å². The Morgan fingerprint density at radius 1 is 1.22 bits per heavy atom. The number of hydrogen-bond donors (Lipinski definition) is 1. The molecule has 120 valence electrons. The van der Waals surface area contributed by atoms with Gasteiger partial charge in [0.1, 0.15) is 0 Å². The van der Waals surface area contributed by atoms with Crippen LogP contribution >= 0.6 is 11.6 Å². The van der Waals surface area contributed by atoms with Crippen LogP contribution < -0.4 is 10.2 Å².